The Balaban J connectivity index is 1.74. The molecule has 0 atom stereocenters. The van der Waals surface area contributed by atoms with Crippen LogP contribution in [-0.4, -0.2) is 30.1 Å². The number of nitrogens with two attached hydrogens (primary N) is 1. The third kappa shape index (κ3) is 2.29. The summed E-state index contributed by atoms with van der Waals surface area (Å²) in [6, 6.07) is 0. The Labute approximate surface area is 87.8 Å². The molecule has 0 aromatic rings. The van der Waals surface area contributed by atoms with Gasteiger partial charge in [0.25, 0.3) is 0 Å². The highest BCUT2D eigenvalue weighted by molar-refractivity contribution is 4.93. The van der Waals surface area contributed by atoms with Crippen molar-refractivity contribution in [3.8, 4) is 0 Å². The third-order valence-corrected chi connectivity index (χ3v) is 4.00. The number of nitrogens with zero attached hydrogens (tertiary/aromatic N) is 1. The molecule has 0 radical (unpaired) electrons. The molecule has 2 heteroatoms. The lowest BCUT2D eigenvalue weighted by molar-refractivity contribution is 0.0604. The van der Waals surface area contributed by atoms with E-state index in [0.717, 1.165) is 12.5 Å². The highest BCUT2D eigenvalue weighted by Crippen LogP contribution is 2.29. The van der Waals surface area contributed by atoms with E-state index in [4.69, 9.17) is 5.73 Å². The fourth-order valence-electron chi connectivity index (χ4n) is 2.92. The molecule has 2 nitrogen and oxygen atoms in total. The fraction of sp³-hybridized carbons (Fsp3) is 1.00. The topological polar surface area (TPSA) is 29.3 Å². The normalized spacial score (nSPS) is 28.7. The maximum Gasteiger partial charge on any atom is 0.0283 e. The lowest BCUT2D eigenvalue weighted by atomic mass is 9.81. The molecule has 0 aromatic carbocycles. The van der Waals surface area contributed by atoms with Crippen LogP contribution in [0.4, 0.5) is 0 Å². The molecule has 14 heavy (non-hydrogen) atoms. The average molecular weight is 196 g/mol. The summed E-state index contributed by atoms with van der Waals surface area (Å²) in [6.45, 7) is 6.05. The number of hydrogen-bond acceptors (Lipinski definition) is 2. The van der Waals surface area contributed by atoms with Gasteiger partial charge in [-0.3, -0.25) is 0 Å². The van der Waals surface area contributed by atoms with Crippen molar-refractivity contribution in [2.45, 2.75) is 51.0 Å². The summed E-state index contributed by atoms with van der Waals surface area (Å²) in [5.74, 6) is 0.960. The molecular weight excluding hydrogens is 172 g/mol. The molecule has 0 unspecified atom stereocenters. The van der Waals surface area contributed by atoms with Crippen molar-refractivity contribution in [2.75, 3.05) is 19.6 Å². The van der Waals surface area contributed by atoms with E-state index in [1.807, 2.05) is 0 Å². The van der Waals surface area contributed by atoms with Gasteiger partial charge in [-0.05, 0) is 18.8 Å². The predicted molar refractivity (Wildman–Crippen MR) is 60.2 cm³/mol. The van der Waals surface area contributed by atoms with Gasteiger partial charge in [0.1, 0.15) is 0 Å². The molecule has 0 spiro atoms. The Bertz CT molecular complexity index is 179. The van der Waals surface area contributed by atoms with E-state index in [1.54, 1.807) is 0 Å². The molecule has 1 saturated heterocycles. The molecule has 1 aliphatic carbocycles. The third-order valence-electron chi connectivity index (χ3n) is 4.00. The molecule has 0 amide bonds. The molecule has 2 fully saturated rings. The van der Waals surface area contributed by atoms with Crippen LogP contribution in [0.1, 0.15) is 45.4 Å². The van der Waals surface area contributed by atoms with Crippen LogP contribution in [0.15, 0.2) is 0 Å². The van der Waals surface area contributed by atoms with Gasteiger partial charge >= 0.3 is 0 Å². The monoisotopic (exact) mass is 196 g/mol. The molecule has 82 valence electrons. The molecule has 1 heterocycles. The molecule has 2 aliphatic rings. The number of hydrogen-bond donors (Lipinski definition) is 1. The van der Waals surface area contributed by atoms with Gasteiger partial charge < -0.3 is 10.6 Å². The van der Waals surface area contributed by atoms with E-state index in [-0.39, 0.29) is 5.54 Å². The van der Waals surface area contributed by atoms with Crippen molar-refractivity contribution in [1.29, 1.82) is 0 Å². The summed E-state index contributed by atoms with van der Waals surface area (Å²) in [5, 5.41) is 0. The van der Waals surface area contributed by atoms with Crippen molar-refractivity contribution in [1.82, 2.24) is 4.90 Å². The maximum absolute atomic E-state index is 6.41. The quantitative estimate of drug-likeness (QED) is 0.748. The Hall–Kier alpha value is -0.0800. The Kier molecular flexibility index (Phi) is 3.13. The van der Waals surface area contributed by atoms with E-state index in [9.17, 15) is 0 Å². The minimum absolute atomic E-state index is 0.164. The molecule has 1 aliphatic heterocycles. The highest BCUT2D eigenvalue weighted by atomic mass is 15.2. The first-order valence-electron chi connectivity index (χ1n) is 6.23. The van der Waals surface area contributed by atoms with Gasteiger partial charge in [-0.1, -0.05) is 32.6 Å². The number of likely N-dealkylation sites (tertiary alicyclic amines) is 1. The van der Waals surface area contributed by atoms with E-state index in [0.29, 0.717) is 0 Å². The van der Waals surface area contributed by atoms with Crippen molar-refractivity contribution in [2.24, 2.45) is 11.7 Å². The van der Waals surface area contributed by atoms with Gasteiger partial charge in [0.15, 0.2) is 0 Å². The zero-order chi connectivity index (χ0) is 10.0. The zero-order valence-corrected chi connectivity index (χ0v) is 9.47. The van der Waals surface area contributed by atoms with Crippen LogP contribution in [0.2, 0.25) is 0 Å². The van der Waals surface area contributed by atoms with Crippen LogP contribution in [0.5, 0.6) is 0 Å². The molecule has 0 bridgehead atoms. The van der Waals surface area contributed by atoms with Gasteiger partial charge in [0, 0.05) is 25.2 Å². The van der Waals surface area contributed by atoms with Crippen LogP contribution in [0, 0.1) is 5.92 Å². The second-order valence-electron chi connectivity index (χ2n) is 5.39. The summed E-state index contributed by atoms with van der Waals surface area (Å²) >= 11 is 0. The molecular formula is C12H24N2. The van der Waals surface area contributed by atoms with Gasteiger partial charge in [-0.25, -0.2) is 0 Å². The lowest BCUT2D eigenvalue weighted by Gasteiger charge is -2.45. The largest absolute Gasteiger partial charge is 0.324 e. The molecule has 2 rings (SSSR count). The van der Waals surface area contributed by atoms with Crippen molar-refractivity contribution >= 4 is 0 Å². The van der Waals surface area contributed by atoms with Crippen LogP contribution >= 0.6 is 0 Å². The van der Waals surface area contributed by atoms with Gasteiger partial charge in [-0.15, -0.1) is 0 Å². The zero-order valence-electron chi connectivity index (χ0n) is 9.47. The van der Waals surface area contributed by atoms with Gasteiger partial charge in [-0.2, -0.15) is 0 Å². The standard InChI is InChI=1S/C12H24N2/c1-2-11-8-14(9-11)10-12(13)6-4-3-5-7-12/h11H,2-10,13H2,1H3. The van der Waals surface area contributed by atoms with Crippen LogP contribution < -0.4 is 5.73 Å². The minimum Gasteiger partial charge on any atom is -0.324 e. The molecule has 0 aromatic heterocycles. The summed E-state index contributed by atoms with van der Waals surface area (Å²) in [6.07, 6.45) is 7.94. The fourth-order valence-corrected chi connectivity index (χ4v) is 2.92. The van der Waals surface area contributed by atoms with E-state index in [2.05, 4.69) is 11.8 Å². The Morgan fingerprint density at radius 1 is 1.21 bits per heavy atom. The second-order valence-corrected chi connectivity index (χ2v) is 5.39. The van der Waals surface area contributed by atoms with Crippen molar-refractivity contribution in [3.05, 3.63) is 0 Å². The van der Waals surface area contributed by atoms with Crippen LogP contribution in [-0.2, 0) is 0 Å². The molecule has 2 N–H and O–H groups in total. The minimum atomic E-state index is 0.164. The summed E-state index contributed by atoms with van der Waals surface area (Å²) < 4.78 is 0. The Morgan fingerprint density at radius 2 is 1.86 bits per heavy atom. The van der Waals surface area contributed by atoms with Crippen LogP contribution in [0.3, 0.4) is 0 Å². The first-order valence-corrected chi connectivity index (χ1v) is 6.23. The predicted octanol–water partition coefficient (Wildman–Crippen LogP) is 1.99. The summed E-state index contributed by atoms with van der Waals surface area (Å²) in [5.41, 5.74) is 6.58. The first kappa shape index (κ1) is 10.4. The van der Waals surface area contributed by atoms with Gasteiger partial charge in [0.05, 0.1) is 0 Å². The summed E-state index contributed by atoms with van der Waals surface area (Å²) in [7, 11) is 0. The smallest absolute Gasteiger partial charge is 0.0283 e. The van der Waals surface area contributed by atoms with Crippen LogP contribution in [0.25, 0.3) is 0 Å². The first-order chi connectivity index (χ1) is 6.72. The molecule has 1 saturated carbocycles. The number of rotatable bonds is 3. The Morgan fingerprint density at radius 3 is 2.43 bits per heavy atom. The van der Waals surface area contributed by atoms with Gasteiger partial charge in [0.2, 0.25) is 0 Å². The SMILES string of the molecule is CCC1CN(CC2(N)CCCCC2)C1. The van der Waals surface area contributed by atoms with Crippen molar-refractivity contribution in [3.63, 3.8) is 0 Å². The average Bonchev–Trinajstić information content (AvgIpc) is 2.12. The second kappa shape index (κ2) is 4.19. The highest BCUT2D eigenvalue weighted by Gasteiger charge is 2.34. The van der Waals surface area contributed by atoms with E-state index < -0.39 is 0 Å². The van der Waals surface area contributed by atoms with Crippen molar-refractivity contribution < 1.29 is 0 Å². The summed E-state index contributed by atoms with van der Waals surface area (Å²) in [4.78, 5) is 2.56. The van der Waals surface area contributed by atoms with E-state index >= 15 is 0 Å². The lowest BCUT2D eigenvalue weighted by Crippen LogP contribution is -2.57. The maximum atomic E-state index is 6.41. The van der Waals surface area contributed by atoms with E-state index in [1.165, 1.54) is 51.6 Å².